The molecule has 1 aliphatic rings. The van der Waals surface area contributed by atoms with E-state index in [1.165, 1.54) is 0 Å². The number of pyridine rings is 1. The molecule has 1 saturated heterocycles. The molecule has 0 aliphatic carbocycles. The molecule has 3 rings (SSSR count). The van der Waals surface area contributed by atoms with Gasteiger partial charge in [-0.25, -0.2) is 4.98 Å². The number of piperidine rings is 1. The molecule has 0 atom stereocenters. The molecular weight excluding hydrogens is 352 g/mol. The molecule has 7 nitrogen and oxygen atoms in total. The van der Waals surface area contributed by atoms with Gasteiger partial charge in [0.15, 0.2) is 0 Å². The van der Waals surface area contributed by atoms with E-state index in [9.17, 15) is 9.59 Å². The molecule has 2 aromatic heterocycles. The minimum absolute atomic E-state index is 0.0261. The first kappa shape index (κ1) is 18.1. The van der Waals surface area contributed by atoms with Gasteiger partial charge in [0.25, 0.3) is 0 Å². The molecular formula is C18H20N4O3S. The number of aryl methyl sites for hydroxylation is 1. The summed E-state index contributed by atoms with van der Waals surface area (Å²) >= 11 is 1.16. The second kappa shape index (κ2) is 8.15. The molecule has 0 N–H and O–H groups in total. The van der Waals surface area contributed by atoms with Crippen molar-refractivity contribution in [2.24, 2.45) is 5.92 Å². The first-order chi connectivity index (χ1) is 12.6. The molecule has 0 amide bonds. The highest BCUT2D eigenvalue weighted by atomic mass is 32.1. The molecule has 3 heterocycles. The quantitative estimate of drug-likeness (QED) is 0.746. The van der Waals surface area contributed by atoms with Crippen LogP contribution in [-0.2, 0) is 16.1 Å². The Kier molecular flexibility index (Phi) is 5.68. The Labute approximate surface area is 155 Å². The second-order valence-electron chi connectivity index (χ2n) is 6.24. The van der Waals surface area contributed by atoms with Crippen molar-refractivity contribution in [1.29, 1.82) is 5.26 Å². The van der Waals surface area contributed by atoms with Gasteiger partial charge >= 0.3 is 10.8 Å². The summed E-state index contributed by atoms with van der Waals surface area (Å²) in [5.41, 5.74) is 1.42. The number of ether oxygens (including phenoxy) is 1. The van der Waals surface area contributed by atoms with Gasteiger partial charge in [-0.1, -0.05) is 11.3 Å². The molecule has 0 saturated carbocycles. The highest BCUT2D eigenvalue weighted by Crippen LogP contribution is 2.22. The fourth-order valence-electron chi connectivity index (χ4n) is 3.01. The molecule has 0 unspecified atom stereocenters. The number of carbonyl (C=O) groups excluding carboxylic acids is 1. The zero-order chi connectivity index (χ0) is 18.5. The van der Waals surface area contributed by atoms with Crippen LogP contribution < -0.4 is 9.77 Å². The Morgan fingerprint density at radius 2 is 2.19 bits per heavy atom. The Balaban J connectivity index is 1.46. The van der Waals surface area contributed by atoms with Gasteiger partial charge in [0.1, 0.15) is 18.5 Å². The Morgan fingerprint density at radius 1 is 1.42 bits per heavy atom. The largest absolute Gasteiger partial charge is 0.464 e. The average molecular weight is 372 g/mol. The Bertz CT molecular complexity index is 858. The smallest absolute Gasteiger partial charge is 0.309 e. The van der Waals surface area contributed by atoms with Crippen LogP contribution in [0, 0.1) is 24.2 Å². The summed E-state index contributed by atoms with van der Waals surface area (Å²) in [6.07, 6.45) is 2.97. The molecule has 0 aromatic carbocycles. The van der Waals surface area contributed by atoms with Crippen LogP contribution in [0.4, 0.5) is 5.82 Å². The van der Waals surface area contributed by atoms with Gasteiger partial charge in [-0.15, -0.1) is 0 Å². The lowest BCUT2D eigenvalue weighted by Gasteiger charge is -2.31. The zero-order valence-electron chi connectivity index (χ0n) is 14.6. The van der Waals surface area contributed by atoms with Crippen molar-refractivity contribution in [3.05, 3.63) is 44.6 Å². The number of nitrogens with zero attached hydrogens (tertiary/aromatic N) is 4. The van der Waals surface area contributed by atoms with Crippen molar-refractivity contribution < 1.29 is 9.53 Å². The summed E-state index contributed by atoms with van der Waals surface area (Å²) in [5, 5.41) is 10.6. The first-order valence-corrected chi connectivity index (χ1v) is 9.39. The standard InChI is InChI=1S/C18H20N4O3S/c1-13-12-26-18(24)22(13)8-9-25-17(23)15-4-6-21(7-5-15)16-3-2-14(10-19)11-20-16/h2-3,11-12,15H,4-9H2,1H3. The average Bonchev–Trinajstić information content (AvgIpc) is 3.00. The van der Waals surface area contributed by atoms with Crippen LogP contribution >= 0.6 is 11.3 Å². The summed E-state index contributed by atoms with van der Waals surface area (Å²) in [6, 6.07) is 5.63. The SMILES string of the molecule is Cc1csc(=O)n1CCOC(=O)C1CCN(c2ccc(C#N)cn2)CC1. The predicted octanol–water partition coefficient (Wildman–Crippen LogP) is 1.94. The third-order valence-electron chi connectivity index (χ3n) is 4.56. The number of aromatic nitrogens is 2. The van der Waals surface area contributed by atoms with Gasteiger partial charge in [-0.05, 0) is 31.9 Å². The lowest BCUT2D eigenvalue weighted by atomic mass is 9.97. The fourth-order valence-corrected chi connectivity index (χ4v) is 3.77. The number of nitriles is 1. The molecule has 136 valence electrons. The third kappa shape index (κ3) is 4.11. The van der Waals surface area contributed by atoms with Crippen molar-refractivity contribution in [1.82, 2.24) is 9.55 Å². The number of rotatable bonds is 5. The number of hydrogen-bond acceptors (Lipinski definition) is 7. The minimum Gasteiger partial charge on any atom is -0.464 e. The summed E-state index contributed by atoms with van der Waals surface area (Å²) in [7, 11) is 0. The maximum absolute atomic E-state index is 12.2. The van der Waals surface area contributed by atoms with E-state index < -0.39 is 0 Å². The molecule has 0 spiro atoms. The third-order valence-corrected chi connectivity index (χ3v) is 5.45. The van der Waals surface area contributed by atoms with E-state index >= 15 is 0 Å². The van der Waals surface area contributed by atoms with Crippen LogP contribution in [0.5, 0.6) is 0 Å². The van der Waals surface area contributed by atoms with Gasteiger partial charge in [0.05, 0.1) is 18.0 Å². The van der Waals surface area contributed by atoms with Crippen molar-refractivity contribution in [2.45, 2.75) is 26.3 Å². The fraction of sp³-hybridized carbons (Fsp3) is 0.444. The van der Waals surface area contributed by atoms with Gasteiger partial charge in [-0.3, -0.25) is 14.2 Å². The number of thiazole rings is 1. The minimum atomic E-state index is -0.196. The van der Waals surface area contributed by atoms with E-state index in [0.717, 1.165) is 35.9 Å². The van der Waals surface area contributed by atoms with E-state index in [-0.39, 0.29) is 23.4 Å². The van der Waals surface area contributed by atoms with E-state index in [4.69, 9.17) is 10.00 Å². The monoisotopic (exact) mass is 372 g/mol. The van der Waals surface area contributed by atoms with Crippen molar-refractivity contribution in [3.63, 3.8) is 0 Å². The van der Waals surface area contributed by atoms with E-state index in [1.807, 2.05) is 13.0 Å². The first-order valence-electron chi connectivity index (χ1n) is 8.51. The van der Waals surface area contributed by atoms with Gasteiger partial charge in [0.2, 0.25) is 0 Å². The topological polar surface area (TPSA) is 88.2 Å². The molecule has 1 fully saturated rings. The Hall–Kier alpha value is -2.66. The van der Waals surface area contributed by atoms with Crippen LogP contribution in [0.15, 0.2) is 28.5 Å². The molecule has 1 aliphatic heterocycles. The van der Waals surface area contributed by atoms with Crippen LogP contribution in [0.2, 0.25) is 0 Å². The second-order valence-corrected chi connectivity index (χ2v) is 7.06. The van der Waals surface area contributed by atoms with Crippen LogP contribution in [0.25, 0.3) is 0 Å². The van der Waals surface area contributed by atoms with Crippen LogP contribution in [0.1, 0.15) is 24.1 Å². The summed E-state index contributed by atoms with van der Waals surface area (Å²) in [4.78, 5) is 30.3. The van der Waals surface area contributed by atoms with Gasteiger partial charge in [0, 0.05) is 30.4 Å². The lowest BCUT2D eigenvalue weighted by Crippen LogP contribution is -2.37. The molecule has 0 bridgehead atoms. The van der Waals surface area contributed by atoms with E-state index in [1.54, 1.807) is 22.2 Å². The maximum atomic E-state index is 12.2. The van der Waals surface area contributed by atoms with Crippen molar-refractivity contribution in [2.75, 3.05) is 24.6 Å². The maximum Gasteiger partial charge on any atom is 0.309 e. The van der Waals surface area contributed by atoms with E-state index in [0.29, 0.717) is 24.9 Å². The van der Waals surface area contributed by atoms with Gasteiger partial charge in [-0.2, -0.15) is 5.26 Å². The van der Waals surface area contributed by atoms with Crippen LogP contribution in [-0.4, -0.2) is 35.2 Å². The van der Waals surface area contributed by atoms with Gasteiger partial charge < -0.3 is 9.64 Å². The summed E-state index contributed by atoms with van der Waals surface area (Å²) in [5.74, 6) is 0.506. The molecule has 2 aromatic rings. The predicted molar refractivity (Wildman–Crippen MR) is 98.2 cm³/mol. The zero-order valence-corrected chi connectivity index (χ0v) is 15.4. The summed E-state index contributed by atoms with van der Waals surface area (Å²) < 4.78 is 6.99. The Morgan fingerprint density at radius 3 is 2.77 bits per heavy atom. The lowest BCUT2D eigenvalue weighted by molar-refractivity contribution is -0.149. The number of anilines is 1. The molecule has 0 radical (unpaired) electrons. The highest BCUT2D eigenvalue weighted by molar-refractivity contribution is 7.07. The van der Waals surface area contributed by atoms with Crippen LogP contribution in [0.3, 0.4) is 0 Å². The van der Waals surface area contributed by atoms with Crippen molar-refractivity contribution in [3.8, 4) is 6.07 Å². The summed E-state index contributed by atoms with van der Waals surface area (Å²) in [6.45, 7) is 3.93. The highest BCUT2D eigenvalue weighted by Gasteiger charge is 2.26. The van der Waals surface area contributed by atoms with E-state index in [2.05, 4.69) is 16.0 Å². The normalized spacial score (nSPS) is 14.8. The number of hydrogen-bond donors (Lipinski definition) is 0. The molecule has 26 heavy (non-hydrogen) atoms. The molecule has 8 heteroatoms. The number of carbonyl (C=O) groups is 1. The van der Waals surface area contributed by atoms with Crippen molar-refractivity contribution >= 4 is 23.1 Å². The number of esters is 1.